The highest BCUT2D eigenvalue weighted by Gasteiger charge is 2.57. The number of rotatable bonds is 2. The highest BCUT2D eigenvalue weighted by atomic mass is 32.2. The van der Waals surface area contributed by atoms with E-state index in [2.05, 4.69) is 10.4 Å². The van der Waals surface area contributed by atoms with Crippen molar-refractivity contribution in [3.8, 4) is 0 Å². The van der Waals surface area contributed by atoms with Crippen molar-refractivity contribution >= 4 is 29.4 Å². The van der Waals surface area contributed by atoms with E-state index in [1.807, 2.05) is 38.1 Å². The maximum Gasteiger partial charge on any atom is 0.256 e. The van der Waals surface area contributed by atoms with Crippen LogP contribution < -0.4 is 5.32 Å². The molecule has 1 saturated heterocycles. The number of hydrogen-bond donors (Lipinski definition) is 1. The predicted molar refractivity (Wildman–Crippen MR) is 92.6 cm³/mol. The summed E-state index contributed by atoms with van der Waals surface area (Å²) in [6, 6.07) is 8.79. The van der Waals surface area contributed by atoms with Gasteiger partial charge in [0.25, 0.3) is 5.91 Å². The Hall–Kier alpha value is -2.28. The van der Waals surface area contributed by atoms with Crippen LogP contribution in [0.15, 0.2) is 36.5 Å². The molecule has 2 atom stereocenters. The molecule has 0 saturated carbocycles. The Bertz CT molecular complexity index is 845. The summed E-state index contributed by atoms with van der Waals surface area (Å²) in [5.74, 6) is 0.223. The first-order chi connectivity index (χ1) is 11.4. The lowest BCUT2D eigenvalue weighted by atomic mass is 10.0. The molecule has 0 spiro atoms. The van der Waals surface area contributed by atoms with Gasteiger partial charge >= 0.3 is 0 Å². The van der Waals surface area contributed by atoms with Gasteiger partial charge in [0.15, 0.2) is 5.82 Å². The zero-order valence-corrected chi connectivity index (χ0v) is 14.5. The first kappa shape index (κ1) is 15.3. The van der Waals surface area contributed by atoms with E-state index in [-0.39, 0.29) is 21.9 Å². The minimum absolute atomic E-state index is 0.0742. The summed E-state index contributed by atoms with van der Waals surface area (Å²) < 4.78 is 1.25. The van der Waals surface area contributed by atoms with Crippen LogP contribution in [0.1, 0.15) is 35.1 Å². The largest absolute Gasteiger partial charge is 0.309 e. The standard InChI is InChI=1S/C17H18N4O2S/c1-17(2)13(14(22)18-12-8-9-20(3)19-12)21-15(23)10-6-4-5-7-11(10)16(21)24-17/h4-9,13,16H,1-3H3,(H,18,19,22)/t13-,16+/m0/s1. The van der Waals surface area contributed by atoms with E-state index in [0.717, 1.165) is 5.56 Å². The maximum atomic E-state index is 12.9. The Morgan fingerprint density at radius 2 is 2.04 bits per heavy atom. The fraction of sp³-hybridized carbons (Fsp3) is 0.353. The minimum Gasteiger partial charge on any atom is -0.309 e. The molecule has 1 aromatic heterocycles. The van der Waals surface area contributed by atoms with E-state index >= 15 is 0 Å². The second-order valence-corrected chi connectivity index (χ2v) is 8.37. The fourth-order valence-corrected chi connectivity index (χ4v) is 5.07. The van der Waals surface area contributed by atoms with Gasteiger partial charge in [-0.05, 0) is 25.5 Å². The van der Waals surface area contributed by atoms with E-state index in [1.165, 1.54) is 0 Å². The maximum absolute atomic E-state index is 12.9. The average molecular weight is 342 g/mol. The molecule has 2 aliphatic rings. The summed E-state index contributed by atoms with van der Waals surface area (Å²) in [6.07, 6.45) is 1.77. The van der Waals surface area contributed by atoms with Crippen molar-refractivity contribution in [1.29, 1.82) is 0 Å². The molecule has 0 unspecified atom stereocenters. The Labute approximate surface area is 144 Å². The third-order valence-corrected chi connectivity index (χ3v) is 6.04. The molecule has 2 amide bonds. The van der Waals surface area contributed by atoms with Gasteiger partial charge in [0, 0.05) is 29.6 Å². The number of aryl methyl sites for hydroxylation is 1. The van der Waals surface area contributed by atoms with Crippen molar-refractivity contribution in [2.24, 2.45) is 7.05 Å². The molecule has 2 aliphatic heterocycles. The number of carbonyl (C=O) groups is 2. The SMILES string of the molecule is Cn1ccc(NC(=O)[C@@H]2N3C(=O)c4ccccc4[C@H]3SC2(C)C)n1. The normalized spacial score (nSPS) is 24.0. The minimum atomic E-state index is -0.547. The summed E-state index contributed by atoms with van der Waals surface area (Å²) in [5, 5.41) is 6.92. The van der Waals surface area contributed by atoms with Crippen molar-refractivity contribution in [3.63, 3.8) is 0 Å². The molecule has 24 heavy (non-hydrogen) atoms. The smallest absolute Gasteiger partial charge is 0.256 e. The third kappa shape index (κ3) is 2.15. The topological polar surface area (TPSA) is 67.2 Å². The number of carbonyl (C=O) groups excluding carboxylic acids is 2. The Morgan fingerprint density at radius 3 is 2.75 bits per heavy atom. The Kier molecular flexibility index (Phi) is 3.25. The predicted octanol–water partition coefficient (Wildman–Crippen LogP) is 2.41. The molecule has 2 aromatic rings. The molecular formula is C17H18N4O2S. The van der Waals surface area contributed by atoms with Gasteiger partial charge in [0.05, 0.1) is 0 Å². The number of nitrogens with zero attached hydrogens (tertiary/aromatic N) is 3. The number of fused-ring (bicyclic) bond motifs is 3. The van der Waals surface area contributed by atoms with Gasteiger partial charge < -0.3 is 10.2 Å². The molecule has 0 radical (unpaired) electrons. The van der Waals surface area contributed by atoms with Crippen molar-refractivity contribution in [2.75, 3.05) is 5.32 Å². The van der Waals surface area contributed by atoms with Crippen molar-refractivity contribution in [3.05, 3.63) is 47.7 Å². The number of benzene rings is 1. The van der Waals surface area contributed by atoms with Gasteiger partial charge in [-0.1, -0.05) is 18.2 Å². The molecule has 0 bridgehead atoms. The third-order valence-electron chi connectivity index (χ3n) is 4.51. The van der Waals surface area contributed by atoms with Crippen LogP contribution in [-0.4, -0.2) is 37.3 Å². The fourth-order valence-electron chi connectivity index (χ4n) is 3.48. The Balaban J connectivity index is 1.68. The zero-order chi connectivity index (χ0) is 17.1. The molecule has 7 heteroatoms. The lowest BCUT2D eigenvalue weighted by Gasteiger charge is -2.29. The number of hydrogen-bond acceptors (Lipinski definition) is 4. The molecular weight excluding hydrogens is 324 g/mol. The number of thioether (sulfide) groups is 1. The van der Waals surface area contributed by atoms with Crippen LogP contribution >= 0.6 is 11.8 Å². The summed E-state index contributed by atoms with van der Waals surface area (Å²) >= 11 is 1.66. The second-order valence-electron chi connectivity index (χ2n) is 6.64. The molecule has 4 rings (SSSR count). The Morgan fingerprint density at radius 1 is 1.29 bits per heavy atom. The van der Waals surface area contributed by atoms with Gasteiger partial charge in [0.2, 0.25) is 5.91 Å². The van der Waals surface area contributed by atoms with E-state index in [9.17, 15) is 9.59 Å². The van der Waals surface area contributed by atoms with Crippen LogP contribution in [0.4, 0.5) is 5.82 Å². The zero-order valence-electron chi connectivity index (χ0n) is 13.7. The number of nitrogens with one attached hydrogen (secondary N) is 1. The first-order valence-electron chi connectivity index (χ1n) is 7.78. The molecule has 1 fully saturated rings. The van der Waals surface area contributed by atoms with Gasteiger partial charge in [-0.15, -0.1) is 11.8 Å². The monoisotopic (exact) mass is 342 g/mol. The van der Waals surface area contributed by atoms with E-state index < -0.39 is 6.04 Å². The van der Waals surface area contributed by atoms with E-state index in [0.29, 0.717) is 11.4 Å². The van der Waals surface area contributed by atoms with Crippen molar-refractivity contribution < 1.29 is 9.59 Å². The van der Waals surface area contributed by atoms with Gasteiger partial charge in [-0.25, -0.2) is 0 Å². The van der Waals surface area contributed by atoms with Gasteiger partial charge in [-0.2, -0.15) is 5.10 Å². The van der Waals surface area contributed by atoms with Crippen LogP contribution in [0, 0.1) is 0 Å². The number of aromatic nitrogens is 2. The molecule has 6 nitrogen and oxygen atoms in total. The molecule has 1 aromatic carbocycles. The second kappa shape index (κ2) is 5.11. The highest BCUT2D eigenvalue weighted by Crippen LogP contribution is 2.56. The van der Waals surface area contributed by atoms with Gasteiger partial charge in [-0.3, -0.25) is 14.3 Å². The van der Waals surface area contributed by atoms with Crippen LogP contribution in [0.3, 0.4) is 0 Å². The summed E-state index contributed by atoms with van der Waals surface area (Å²) in [7, 11) is 1.79. The molecule has 1 N–H and O–H groups in total. The number of anilines is 1. The van der Waals surface area contributed by atoms with Crippen LogP contribution in [-0.2, 0) is 11.8 Å². The molecule has 0 aliphatic carbocycles. The lowest BCUT2D eigenvalue weighted by molar-refractivity contribution is -0.121. The van der Waals surface area contributed by atoms with Gasteiger partial charge in [0.1, 0.15) is 11.4 Å². The quantitative estimate of drug-likeness (QED) is 0.910. The summed E-state index contributed by atoms with van der Waals surface area (Å²) in [6.45, 7) is 4.02. The molecule has 124 valence electrons. The number of amides is 2. The van der Waals surface area contributed by atoms with Crippen molar-refractivity contribution in [1.82, 2.24) is 14.7 Å². The van der Waals surface area contributed by atoms with E-state index in [1.54, 1.807) is 40.7 Å². The highest BCUT2D eigenvalue weighted by molar-refractivity contribution is 8.01. The van der Waals surface area contributed by atoms with Crippen LogP contribution in [0.25, 0.3) is 0 Å². The summed E-state index contributed by atoms with van der Waals surface area (Å²) in [4.78, 5) is 27.5. The first-order valence-corrected chi connectivity index (χ1v) is 8.66. The lowest BCUT2D eigenvalue weighted by Crippen LogP contribution is -2.50. The molecule has 3 heterocycles. The summed E-state index contributed by atoms with van der Waals surface area (Å²) in [5.41, 5.74) is 1.69. The van der Waals surface area contributed by atoms with Crippen LogP contribution in [0.5, 0.6) is 0 Å². The van der Waals surface area contributed by atoms with Crippen molar-refractivity contribution in [2.45, 2.75) is 30.0 Å². The van der Waals surface area contributed by atoms with Crippen LogP contribution in [0.2, 0.25) is 0 Å². The average Bonchev–Trinajstić information content (AvgIpc) is 3.13. The van der Waals surface area contributed by atoms with E-state index in [4.69, 9.17) is 0 Å².